The van der Waals surface area contributed by atoms with Gasteiger partial charge in [-0.15, -0.1) is 0 Å². The van der Waals surface area contributed by atoms with Crippen molar-refractivity contribution in [2.75, 3.05) is 11.9 Å². The molecule has 8 heteroatoms. The molecule has 4 heterocycles. The van der Waals surface area contributed by atoms with Crippen LogP contribution in [0.1, 0.15) is 47.0 Å². The topological polar surface area (TPSA) is 85.1 Å². The van der Waals surface area contributed by atoms with Gasteiger partial charge in [0.15, 0.2) is 5.69 Å². The average molecular weight is 404 g/mol. The van der Waals surface area contributed by atoms with E-state index in [-0.39, 0.29) is 11.8 Å². The van der Waals surface area contributed by atoms with Crippen molar-refractivity contribution in [1.29, 1.82) is 0 Å². The lowest BCUT2D eigenvalue weighted by molar-refractivity contribution is -0.121. The van der Waals surface area contributed by atoms with Gasteiger partial charge >= 0.3 is 0 Å². The molecule has 0 aliphatic carbocycles. The predicted molar refractivity (Wildman–Crippen MR) is 111 cm³/mol. The molecule has 2 aliphatic heterocycles. The summed E-state index contributed by atoms with van der Waals surface area (Å²) in [4.78, 5) is 33.3. The van der Waals surface area contributed by atoms with Gasteiger partial charge in [-0.1, -0.05) is 18.2 Å². The summed E-state index contributed by atoms with van der Waals surface area (Å²) < 4.78 is 3.70. The Morgan fingerprint density at radius 3 is 2.83 bits per heavy atom. The van der Waals surface area contributed by atoms with Crippen LogP contribution < -0.4 is 5.32 Å². The van der Waals surface area contributed by atoms with Crippen LogP contribution in [0.4, 0.5) is 5.69 Å². The number of hydrogen-bond acceptors (Lipinski definition) is 4. The van der Waals surface area contributed by atoms with Gasteiger partial charge in [0.2, 0.25) is 5.91 Å². The van der Waals surface area contributed by atoms with Gasteiger partial charge in [0.05, 0.1) is 0 Å². The second-order valence-electron chi connectivity index (χ2n) is 8.01. The molecule has 154 valence electrons. The highest BCUT2D eigenvalue weighted by atomic mass is 16.2. The van der Waals surface area contributed by atoms with Crippen LogP contribution in [0.5, 0.6) is 0 Å². The van der Waals surface area contributed by atoms with Crippen molar-refractivity contribution in [2.45, 2.75) is 38.3 Å². The molecule has 2 atom stereocenters. The lowest BCUT2D eigenvalue weighted by atomic mass is 9.74. The highest BCUT2D eigenvalue weighted by Crippen LogP contribution is 2.54. The Bertz CT molecular complexity index is 1160. The number of nitrogens with one attached hydrogen (secondary N) is 1. The fraction of sp³-hybridized carbons (Fsp3) is 0.364. The number of aromatic nitrogens is 4. The van der Waals surface area contributed by atoms with Crippen molar-refractivity contribution in [3.8, 4) is 0 Å². The van der Waals surface area contributed by atoms with Gasteiger partial charge in [0.1, 0.15) is 17.3 Å². The summed E-state index contributed by atoms with van der Waals surface area (Å²) in [5, 5.41) is 7.52. The van der Waals surface area contributed by atoms with E-state index < -0.39 is 11.5 Å². The first-order chi connectivity index (χ1) is 14.5. The molecular formula is C22H24N6O2. The number of likely N-dealkylation sites (tertiary alicyclic amines) is 1. The lowest BCUT2D eigenvalue weighted by Crippen LogP contribution is -2.43. The molecule has 1 fully saturated rings. The molecule has 1 N–H and O–H groups in total. The van der Waals surface area contributed by atoms with Crippen molar-refractivity contribution in [2.24, 2.45) is 7.05 Å². The van der Waals surface area contributed by atoms with Crippen LogP contribution in [-0.2, 0) is 23.8 Å². The molecule has 1 aromatic carbocycles. The molecule has 0 unspecified atom stereocenters. The van der Waals surface area contributed by atoms with Gasteiger partial charge in [-0.05, 0) is 38.0 Å². The van der Waals surface area contributed by atoms with Crippen LogP contribution >= 0.6 is 0 Å². The number of hydrogen-bond donors (Lipinski definition) is 1. The summed E-state index contributed by atoms with van der Waals surface area (Å²) in [5.41, 5.74) is 2.20. The quantitative estimate of drug-likeness (QED) is 0.727. The largest absolute Gasteiger partial charge is 0.336 e. The molecule has 1 spiro atoms. The van der Waals surface area contributed by atoms with Crippen LogP contribution in [0.3, 0.4) is 0 Å². The van der Waals surface area contributed by atoms with Crippen LogP contribution in [0.25, 0.3) is 0 Å². The zero-order chi connectivity index (χ0) is 21.0. The minimum absolute atomic E-state index is 0.0812. The smallest absolute Gasteiger partial charge is 0.275 e. The van der Waals surface area contributed by atoms with Gasteiger partial charge in [-0.25, -0.2) is 4.98 Å². The summed E-state index contributed by atoms with van der Waals surface area (Å²) >= 11 is 0. The fourth-order valence-corrected chi connectivity index (χ4v) is 4.99. The van der Waals surface area contributed by atoms with E-state index in [1.807, 2.05) is 66.7 Å². The van der Waals surface area contributed by atoms with Crippen molar-refractivity contribution in [3.05, 3.63) is 65.5 Å². The maximum Gasteiger partial charge on any atom is 0.275 e. The number of aryl methyl sites for hydroxylation is 3. The van der Waals surface area contributed by atoms with E-state index in [0.29, 0.717) is 31.0 Å². The average Bonchev–Trinajstić information content (AvgIpc) is 3.48. The van der Waals surface area contributed by atoms with Crippen molar-refractivity contribution >= 4 is 17.5 Å². The first-order valence-corrected chi connectivity index (χ1v) is 10.2. The minimum atomic E-state index is -0.867. The SMILES string of the molecule is CCn1nc(C(=O)N2CC[C@]3(C(=O)Nc4ccccc43)[C@@H]2c2nccn2C)cc1C. The molecule has 8 nitrogen and oxygen atoms in total. The highest BCUT2D eigenvalue weighted by Gasteiger charge is 2.60. The molecular weight excluding hydrogens is 380 g/mol. The molecule has 1 saturated heterocycles. The lowest BCUT2D eigenvalue weighted by Gasteiger charge is -2.33. The Balaban J connectivity index is 1.66. The van der Waals surface area contributed by atoms with Crippen LogP contribution in [0.2, 0.25) is 0 Å². The first kappa shape index (κ1) is 18.6. The van der Waals surface area contributed by atoms with Gasteiger partial charge in [0.25, 0.3) is 5.91 Å². The van der Waals surface area contributed by atoms with E-state index in [1.165, 1.54) is 0 Å². The molecule has 3 aromatic rings. The summed E-state index contributed by atoms with van der Waals surface area (Å²) in [6.45, 7) is 5.09. The van der Waals surface area contributed by atoms with E-state index in [9.17, 15) is 9.59 Å². The van der Waals surface area contributed by atoms with Crippen LogP contribution in [0.15, 0.2) is 42.7 Å². The number of carbonyl (C=O) groups excluding carboxylic acids is 2. The van der Waals surface area contributed by atoms with E-state index in [1.54, 1.807) is 11.1 Å². The molecule has 2 aromatic heterocycles. The summed E-state index contributed by atoms with van der Waals surface area (Å²) in [5.74, 6) is 0.439. The number of nitrogens with zero attached hydrogens (tertiary/aromatic N) is 5. The number of imidazole rings is 1. The van der Waals surface area contributed by atoms with E-state index in [2.05, 4.69) is 15.4 Å². The van der Waals surface area contributed by atoms with Gasteiger partial charge in [-0.3, -0.25) is 14.3 Å². The van der Waals surface area contributed by atoms with Crippen molar-refractivity contribution in [3.63, 3.8) is 0 Å². The third kappa shape index (κ3) is 2.39. The van der Waals surface area contributed by atoms with Gasteiger partial charge in [-0.2, -0.15) is 5.10 Å². The van der Waals surface area contributed by atoms with Crippen molar-refractivity contribution in [1.82, 2.24) is 24.2 Å². The number of para-hydroxylation sites is 1. The Hall–Kier alpha value is -3.42. The first-order valence-electron chi connectivity index (χ1n) is 10.2. The molecule has 5 rings (SSSR count). The van der Waals surface area contributed by atoms with E-state index in [0.717, 1.165) is 16.9 Å². The second-order valence-corrected chi connectivity index (χ2v) is 8.01. The minimum Gasteiger partial charge on any atom is -0.336 e. The van der Waals surface area contributed by atoms with Crippen LogP contribution in [-0.4, -0.2) is 42.6 Å². The molecule has 2 aliphatic rings. The third-order valence-electron chi connectivity index (χ3n) is 6.45. The highest BCUT2D eigenvalue weighted by molar-refractivity contribution is 6.08. The fourth-order valence-electron chi connectivity index (χ4n) is 4.99. The predicted octanol–water partition coefficient (Wildman–Crippen LogP) is 2.42. The monoisotopic (exact) mass is 404 g/mol. The number of rotatable bonds is 3. The molecule has 30 heavy (non-hydrogen) atoms. The van der Waals surface area contributed by atoms with Crippen LogP contribution in [0, 0.1) is 6.92 Å². The zero-order valence-electron chi connectivity index (χ0n) is 17.3. The molecule has 0 saturated carbocycles. The number of amides is 2. The maximum atomic E-state index is 13.6. The Kier molecular flexibility index (Phi) is 4.06. The Morgan fingerprint density at radius 2 is 2.13 bits per heavy atom. The van der Waals surface area contributed by atoms with Gasteiger partial charge < -0.3 is 14.8 Å². The summed E-state index contributed by atoms with van der Waals surface area (Å²) in [7, 11) is 1.89. The maximum absolute atomic E-state index is 13.6. The molecule has 0 radical (unpaired) electrons. The Labute approximate surface area is 174 Å². The number of carbonyl (C=O) groups is 2. The zero-order valence-corrected chi connectivity index (χ0v) is 17.3. The van der Waals surface area contributed by atoms with E-state index >= 15 is 0 Å². The standard InChI is InChI=1S/C22H24N6O2/c1-4-28-14(2)13-17(25-28)20(29)27-11-9-22(18(27)19-23-10-12-26(19)3)15-7-5-6-8-16(15)24-21(22)30/h5-8,10,12-13,18H,4,9,11H2,1-3H3,(H,24,30)/t18-,22+/m0/s1. The normalized spacial score (nSPS) is 22.6. The number of fused-ring (bicyclic) bond motifs is 2. The Morgan fingerprint density at radius 1 is 1.33 bits per heavy atom. The number of anilines is 1. The molecule has 0 bridgehead atoms. The van der Waals surface area contributed by atoms with Crippen molar-refractivity contribution < 1.29 is 9.59 Å². The number of benzene rings is 1. The second kappa shape index (κ2) is 6.55. The molecule has 2 amide bonds. The summed E-state index contributed by atoms with van der Waals surface area (Å²) in [6.07, 6.45) is 4.09. The summed E-state index contributed by atoms with van der Waals surface area (Å²) in [6, 6.07) is 9.04. The van der Waals surface area contributed by atoms with Gasteiger partial charge in [0, 0.05) is 43.9 Å². The van der Waals surface area contributed by atoms with E-state index in [4.69, 9.17) is 0 Å². The third-order valence-corrected chi connectivity index (χ3v) is 6.45.